The number of hydrogen-bond donors (Lipinski definition) is 1. The van der Waals surface area contributed by atoms with Crippen molar-refractivity contribution in [1.29, 1.82) is 0 Å². The molecule has 1 aliphatic rings. The molecule has 1 aliphatic carbocycles. The van der Waals surface area contributed by atoms with Crippen molar-refractivity contribution in [3.8, 4) is 0 Å². The van der Waals surface area contributed by atoms with Crippen molar-refractivity contribution in [3.05, 3.63) is 18.3 Å². The molecule has 1 aromatic rings. The van der Waals surface area contributed by atoms with E-state index in [4.69, 9.17) is 10.5 Å². The lowest BCUT2D eigenvalue weighted by atomic mass is 10.2. The van der Waals surface area contributed by atoms with Gasteiger partial charge in [0, 0.05) is 6.04 Å². The summed E-state index contributed by atoms with van der Waals surface area (Å²) in [5.74, 6) is 0.598. The lowest BCUT2D eigenvalue weighted by Crippen LogP contribution is -2.38. The van der Waals surface area contributed by atoms with Crippen molar-refractivity contribution in [2.45, 2.75) is 45.3 Å². The van der Waals surface area contributed by atoms with Crippen LogP contribution in [0.4, 0.5) is 16.3 Å². The summed E-state index contributed by atoms with van der Waals surface area (Å²) in [6, 6.07) is 3.69. The molecule has 2 N–H and O–H groups in total. The van der Waals surface area contributed by atoms with E-state index in [0.717, 1.165) is 12.8 Å². The fraction of sp³-hybridized carbons (Fsp3) is 0.538. The summed E-state index contributed by atoms with van der Waals surface area (Å²) in [4.78, 5) is 18.0. The minimum absolute atomic E-state index is 0.205. The number of carbonyl (C=O) groups is 1. The van der Waals surface area contributed by atoms with E-state index in [1.165, 1.54) is 0 Å². The van der Waals surface area contributed by atoms with Gasteiger partial charge in [-0.1, -0.05) is 0 Å². The smallest absolute Gasteiger partial charge is 0.416 e. The lowest BCUT2D eigenvalue weighted by molar-refractivity contribution is 0.0576. The summed E-state index contributed by atoms with van der Waals surface area (Å²) in [6.07, 6.45) is 3.19. The van der Waals surface area contributed by atoms with Crippen LogP contribution in [-0.2, 0) is 4.74 Å². The van der Waals surface area contributed by atoms with E-state index in [2.05, 4.69) is 4.98 Å². The molecule has 0 saturated heterocycles. The SMILES string of the molecule is CC(C)(C)OC(=O)N(c1ccc(N)cn1)C1CC1. The quantitative estimate of drug-likeness (QED) is 0.874. The first-order chi connectivity index (χ1) is 8.37. The van der Waals surface area contributed by atoms with Crippen LogP contribution in [0, 0.1) is 0 Å². The number of pyridine rings is 1. The number of rotatable bonds is 2. The second-order valence-corrected chi connectivity index (χ2v) is 5.53. The molecule has 0 atom stereocenters. The number of hydrogen-bond acceptors (Lipinski definition) is 4. The highest BCUT2D eigenvalue weighted by Crippen LogP contribution is 2.32. The van der Waals surface area contributed by atoms with E-state index in [-0.39, 0.29) is 12.1 Å². The number of amides is 1. The van der Waals surface area contributed by atoms with Gasteiger partial charge in [0.2, 0.25) is 0 Å². The van der Waals surface area contributed by atoms with Crippen LogP contribution >= 0.6 is 0 Å². The molecule has 1 fully saturated rings. The molecule has 18 heavy (non-hydrogen) atoms. The minimum Gasteiger partial charge on any atom is -0.443 e. The van der Waals surface area contributed by atoms with Gasteiger partial charge in [0.1, 0.15) is 11.4 Å². The molecule has 1 amide bonds. The monoisotopic (exact) mass is 249 g/mol. The summed E-state index contributed by atoms with van der Waals surface area (Å²) in [5, 5.41) is 0. The Labute approximate surface area is 107 Å². The molecule has 0 aromatic carbocycles. The average molecular weight is 249 g/mol. The first kappa shape index (κ1) is 12.7. The molecule has 0 unspecified atom stereocenters. The molecule has 98 valence electrons. The molecule has 0 aliphatic heterocycles. The van der Waals surface area contributed by atoms with Crippen molar-refractivity contribution >= 4 is 17.6 Å². The van der Waals surface area contributed by atoms with E-state index in [0.29, 0.717) is 11.5 Å². The van der Waals surface area contributed by atoms with E-state index in [1.54, 1.807) is 23.2 Å². The second-order valence-electron chi connectivity index (χ2n) is 5.53. The van der Waals surface area contributed by atoms with Gasteiger partial charge in [-0.15, -0.1) is 0 Å². The predicted octanol–water partition coefficient (Wildman–Crippen LogP) is 2.57. The fourth-order valence-corrected chi connectivity index (χ4v) is 1.61. The first-order valence-corrected chi connectivity index (χ1v) is 6.10. The maximum atomic E-state index is 12.2. The molecule has 1 aromatic heterocycles. The number of aromatic nitrogens is 1. The van der Waals surface area contributed by atoms with E-state index < -0.39 is 5.60 Å². The summed E-state index contributed by atoms with van der Waals surface area (Å²) in [7, 11) is 0. The van der Waals surface area contributed by atoms with Crippen LogP contribution in [0.3, 0.4) is 0 Å². The van der Waals surface area contributed by atoms with Crippen LogP contribution in [0.2, 0.25) is 0 Å². The molecule has 0 radical (unpaired) electrons. The molecule has 5 heteroatoms. The van der Waals surface area contributed by atoms with E-state index >= 15 is 0 Å². The summed E-state index contributed by atoms with van der Waals surface area (Å²) in [5.41, 5.74) is 5.68. The number of anilines is 2. The maximum absolute atomic E-state index is 12.2. The van der Waals surface area contributed by atoms with Gasteiger partial charge in [-0.05, 0) is 45.7 Å². The third kappa shape index (κ3) is 3.12. The number of carbonyl (C=O) groups excluding carboxylic acids is 1. The van der Waals surface area contributed by atoms with Crippen LogP contribution in [0.15, 0.2) is 18.3 Å². The number of nitrogens with two attached hydrogens (primary N) is 1. The normalized spacial score (nSPS) is 15.3. The predicted molar refractivity (Wildman–Crippen MR) is 70.4 cm³/mol. The van der Waals surface area contributed by atoms with E-state index in [1.807, 2.05) is 20.8 Å². The van der Waals surface area contributed by atoms with Crippen LogP contribution in [0.5, 0.6) is 0 Å². The van der Waals surface area contributed by atoms with Gasteiger partial charge in [-0.2, -0.15) is 0 Å². The van der Waals surface area contributed by atoms with Crippen molar-refractivity contribution in [1.82, 2.24) is 4.98 Å². The Morgan fingerprint density at radius 2 is 2.11 bits per heavy atom. The Morgan fingerprint density at radius 1 is 1.44 bits per heavy atom. The number of nitrogen functional groups attached to an aromatic ring is 1. The second kappa shape index (κ2) is 4.48. The Morgan fingerprint density at radius 3 is 2.56 bits per heavy atom. The summed E-state index contributed by atoms with van der Waals surface area (Å²) >= 11 is 0. The van der Waals surface area contributed by atoms with Crippen molar-refractivity contribution in [2.24, 2.45) is 0 Å². The van der Waals surface area contributed by atoms with Crippen LogP contribution in [-0.4, -0.2) is 22.7 Å². The zero-order valence-electron chi connectivity index (χ0n) is 11.0. The summed E-state index contributed by atoms with van der Waals surface area (Å²) < 4.78 is 5.40. The summed E-state index contributed by atoms with van der Waals surface area (Å²) in [6.45, 7) is 5.56. The topological polar surface area (TPSA) is 68.5 Å². The number of nitrogens with zero attached hydrogens (tertiary/aromatic N) is 2. The van der Waals surface area contributed by atoms with Gasteiger partial charge in [0.15, 0.2) is 0 Å². The zero-order chi connectivity index (χ0) is 13.3. The molecule has 1 saturated carbocycles. The largest absolute Gasteiger partial charge is 0.443 e. The minimum atomic E-state index is -0.502. The molecule has 2 rings (SSSR count). The van der Waals surface area contributed by atoms with Crippen molar-refractivity contribution in [2.75, 3.05) is 10.6 Å². The Balaban J connectivity index is 2.18. The molecule has 1 heterocycles. The zero-order valence-corrected chi connectivity index (χ0v) is 11.0. The highest BCUT2D eigenvalue weighted by Gasteiger charge is 2.37. The van der Waals surface area contributed by atoms with Crippen molar-refractivity contribution < 1.29 is 9.53 Å². The molecular weight excluding hydrogens is 230 g/mol. The van der Waals surface area contributed by atoms with Gasteiger partial charge in [0.05, 0.1) is 11.9 Å². The average Bonchev–Trinajstić information content (AvgIpc) is 3.03. The third-order valence-corrected chi connectivity index (χ3v) is 2.52. The van der Waals surface area contributed by atoms with Crippen LogP contribution in [0.1, 0.15) is 33.6 Å². The third-order valence-electron chi connectivity index (χ3n) is 2.52. The number of ether oxygens (including phenoxy) is 1. The molecule has 0 bridgehead atoms. The fourth-order valence-electron chi connectivity index (χ4n) is 1.61. The van der Waals surface area contributed by atoms with Crippen molar-refractivity contribution in [3.63, 3.8) is 0 Å². The lowest BCUT2D eigenvalue weighted by Gasteiger charge is -2.26. The maximum Gasteiger partial charge on any atom is 0.416 e. The highest BCUT2D eigenvalue weighted by atomic mass is 16.6. The van der Waals surface area contributed by atoms with Crippen LogP contribution < -0.4 is 10.6 Å². The molecular formula is C13H19N3O2. The Bertz CT molecular complexity index is 433. The van der Waals surface area contributed by atoms with Gasteiger partial charge in [0.25, 0.3) is 0 Å². The van der Waals surface area contributed by atoms with Crippen LogP contribution in [0.25, 0.3) is 0 Å². The Kier molecular flexibility index (Phi) is 3.15. The van der Waals surface area contributed by atoms with Gasteiger partial charge in [-0.25, -0.2) is 9.78 Å². The Hall–Kier alpha value is -1.78. The van der Waals surface area contributed by atoms with Gasteiger partial charge >= 0.3 is 6.09 Å². The standard InChI is InChI=1S/C13H19N3O2/c1-13(2,3)18-12(17)16(10-5-6-10)11-7-4-9(14)8-15-11/h4,7-8,10H,5-6,14H2,1-3H3. The highest BCUT2D eigenvalue weighted by molar-refractivity contribution is 5.88. The van der Waals surface area contributed by atoms with E-state index in [9.17, 15) is 4.79 Å². The van der Waals surface area contributed by atoms with Gasteiger partial charge in [-0.3, -0.25) is 4.90 Å². The molecule has 5 nitrogen and oxygen atoms in total. The first-order valence-electron chi connectivity index (χ1n) is 6.10. The molecule has 0 spiro atoms. The van der Waals surface area contributed by atoms with Gasteiger partial charge < -0.3 is 10.5 Å².